The Balaban J connectivity index is 2.49. The van der Waals surface area contributed by atoms with Crippen LogP contribution in [0.3, 0.4) is 0 Å². The van der Waals surface area contributed by atoms with Gasteiger partial charge in [0.15, 0.2) is 17.5 Å². The lowest BCUT2D eigenvalue weighted by molar-refractivity contribution is 0.433. The van der Waals surface area contributed by atoms with Crippen LogP contribution >= 0.6 is 11.5 Å². The van der Waals surface area contributed by atoms with Gasteiger partial charge in [-0.05, 0) is 17.6 Å². The third kappa shape index (κ3) is 2.14. The second kappa shape index (κ2) is 4.78. The molecule has 0 bridgehead atoms. The van der Waals surface area contributed by atoms with Crippen LogP contribution in [0.5, 0.6) is 0 Å². The average Bonchev–Trinajstić information content (AvgIpc) is 2.84. The van der Waals surface area contributed by atoms with Crippen molar-refractivity contribution in [2.75, 3.05) is 0 Å². The lowest BCUT2D eigenvalue weighted by Gasteiger charge is -2.14. The molecule has 1 unspecified atom stereocenters. The number of halogens is 3. The van der Waals surface area contributed by atoms with Crippen LogP contribution in [-0.4, -0.2) is 9.59 Å². The molecule has 0 saturated carbocycles. The third-order valence-electron chi connectivity index (χ3n) is 2.21. The van der Waals surface area contributed by atoms with Crippen LogP contribution in [0.15, 0.2) is 18.3 Å². The highest BCUT2D eigenvalue weighted by molar-refractivity contribution is 7.05. The van der Waals surface area contributed by atoms with Gasteiger partial charge in [0.1, 0.15) is 0 Å². The van der Waals surface area contributed by atoms with Crippen LogP contribution in [0.1, 0.15) is 16.5 Å². The molecule has 3 N–H and O–H groups in total. The van der Waals surface area contributed by atoms with Gasteiger partial charge in [0, 0.05) is 5.56 Å². The van der Waals surface area contributed by atoms with Gasteiger partial charge < -0.3 is 0 Å². The number of hydrogen-bond acceptors (Lipinski definition) is 5. The smallest absolute Gasteiger partial charge is 0.194 e. The molecular weight excluding hydrogens is 253 g/mol. The molecule has 0 saturated heterocycles. The Hall–Kier alpha value is -1.51. The molecule has 1 aromatic heterocycles. The van der Waals surface area contributed by atoms with Crippen LogP contribution in [-0.2, 0) is 0 Å². The molecule has 0 fully saturated rings. The monoisotopic (exact) mass is 260 g/mol. The molecule has 1 aromatic carbocycles. The first-order valence-corrected chi connectivity index (χ1v) is 5.29. The number of rotatable bonds is 3. The molecule has 2 aromatic rings. The SMILES string of the molecule is NNC(c1cnns1)c1ccc(F)c(F)c1F. The summed E-state index contributed by atoms with van der Waals surface area (Å²) in [4.78, 5) is 0.498. The normalized spacial score (nSPS) is 12.7. The minimum absolute atomic E-state index is 0.0996. The molecule has 1 heterocycles. The van der Waals surface area contributed by atoms with Crippen molar-refractivity contribution in [3.05, 3.63) is 46.2 Å². The lowest BCUT2D eigenvalue weighted by atomic mass is 10.1. The van der Waals surface area contributed by atoms with Crippen LogP contribution in [0.2, 0.25) is 0 Å². The van der Waals surface area contributed by atoms with Crippen LogP contribution in [0.4, 0.5) is 13.2 Å². The van der Waals surface area contributed by atoms with Crippen LogP contribution < -0.4 is 11.3 Å². The first-order valence-electron chi connectivity index (χ1n) is 4.52. The minimum atomic E-state index is -1.53. The number of nitrogens with one attached hydrogen (secondary N) is 1. The van der Waals surface area contributed by atoms with Crippen LogP contribution in [0, 0.1) is 17.5 Å². The summed E-state index contributed by atoms with van der Waals surface area (Å²) in [5, 5.41) is 3.57. The summed E-state index contributed by atoms with van der Waals surface area (Å²) in [5.74, 6) is 1.22. The maximum Gasteiger partial charge on any atom is 0.194 e. The highest BCUT2D eigenvalue weighted by Gasteiger charge is 2.22. The van der Waals surface area contributed by atoms with Gasteiger partial charge in [-0.25, -0.2) is 18.6 Å². The number of aromatic nitrogens is 2. The molecule has 1 atom stereocenters. The van der Waals surface area contributed by atoms with Gasteiger partial charge in [-0.2, -0.15) is 0 Å². The zero-order valence-electron chi connectivity index (χ0n) is 8.32. The van der Waals surface area contributed by atoms with E-state index in [1.807, 2.05) is 0 Å². The standard InChI is InChI=1S/C9H7F3N4S/c10-5-2-1-4(7(11)8(5)12)9(15-13)6-3-14-16-17-6/h1-3,9,15H,13H2. The predicted octanol–water partition coefficient (Wildman–Crippen LogP) is 1.51. The number of hydrogen-bond donors (Lipinski definition) is 2. The molecule has 4 nitrogen and oxygen atoms in total. The quantitative estimate of drug-likeness (QED) is 0.499. The molecule has 2 rings (SSSR count). The summed E-state index contributed by atoms with van der Waals surface area (Å²) in [5.41, 5.74) is 2.21. The molecule has 0 aliphatic rings. The van der Waals surface area contributed by atoms with E-state index in [-0.39, 0.29) is 5.56 Å². The third-order valence-corrected chi connectivity index (χ3v) is 2.93. The number of benzene rings is 1. The van der Waals surface area contributed by atoms with Crippen molar-refractivity contribution >= 4 is 11.5 Å². The van der Waals surface area contributed by atoms with Gasteiger partial charge in [-0.3, -0.25) is 5.84 Å². The van der Waals surface area contributed by atoms with Gasteiger partial charge in [-0.15, -0.1) is 5.10 Å². The van der Waals surface area contributed by atoms with Gasteiger partial charge >= 0.3 is 0 Å². The van der Waals surface area contributed by atoms with E-state index < -0.39 is 23.5 Å². The second-order valence-electron chi connectivity index (χ2n) is 3.18. The molecule has 0 radical (unpaired) electrons. The van der Waals surface area contributed by atoms with Crippen molar-refractivity contribution in [1.82, 2.24) is 15.0 Å². The summed E-state index contributed by atoms with van der Waals surface area (Å²) in [6.45, 7) is 0. The van der Waals surface area contributed by atoms with E-state index >= 15 is 0 Å². The van der Waals surface area contributed by atoms with Crippen molar-refractivity contribution in [3.63, 3.8) is 0 Å². The Morgan fingerprint density at radius 1 is 1.24 bits per heavy atom. The zero-order valence-corrected chi connectivity index (χ0v) is 9.14. The summed E-state index contributed by atoms with van der Waals surface area (Å²) in [6, 6.07) is 1.15. The van der Waals surface area contributed by atoms with Crippen molar-refractivity contribution in [2.45, 2.75) is 6.04 Å². The summed E-state index contributed by atoms with van der Waals surface area (Å²) < 4.78 is 43.0. The Kier molecular flexibility index (Phi) is 3.36. The molecule has 0 aliphatic heterocycles. The summed E-state index contributed by atoms with van der Waals surface area (Å²) >= 11 is 0.983. The maximum absolute atomic E-state index is 13.5. The molecule has 8 heteroatoms. The fourth-order valence-electron chi connectivity index (χ4n) is 1.39. The van der Waals surface area contributed by atoms with Crippen molar-refractivity contribution in [3.8, 4) is 0 Å². The van der Waals surface area contributed by atoms with E-state index in [9.17, 15) is 13.2 Å². The van der Waals surface area contributed by atoms with E-state index in [2.05, 4.69) is 15.0 Å². The predicted molar refractivity (Wildman–Crippen MR) is 55.4 cm³/mol. The molecule has 0 spiro atoms. The Morgan fingerprint density at radius 3 is 2.59 bits per heavy atom. The van der Waals surface area contributed by atoms with E-state index in [4.69, 9.17) is 5.84 Å². The fourth-order valence-corrected chi connectivity index (χ4v) is 1.97. The van der Waals surface area contributed by atoms with E-state index in [1.165, 1.54) is 6.20 Å². The average molecular weight is 260 g/mol. The maximum atomic E-state index is 13.5. The number of nitrogens with zero attached hydrogens (tertiary/aromatic N) is 2. The first-order chi connectivity index (χ1) is 8.15. The van der Waals surface area contributed by atoms with Gasteiger partial charge in [0.25, 0.3) is 0 Å². The van der Waals surface area contributed by atoms with E-state index in [1.54, 1.807) is 0 Å². The summed E-state index contributed by atoms with van der Waals surface area (Å²) in [6.07, 6.45) is 1.37. The Morgan fingerprint density at radius 2 is 2.00 bits per heavy atom. The van der Waals surface area contributed by atoms with Crippen molar-refractivity contribution in [1.29, 1.82) is 0 Å². The van der Waals surface area contributed by atoms with Crippen LogP contribution in [0.25, 0.3) is 0 Å². The molecule has 90 valence electrons. The number of hydrazine groups is 1. The Bertz CT molecular complexity index is 517. The second-order valence-corrected chi connectivity index (χ2v) is 4.00. The van der Waals surface area contributed by atoms with Gasteiger partial charge in [-0.1, -0.05) is 10.6 Å². The van der Waals surface area contributed by atoms with Gasteiger partial charge in [0.05, 0.1) is 17.1 Å². The van der Waals surface area contributed by atoms with Crippen molar-refractivity contribution in [2.24, 2.45) is 5.84 Å². The molecule has 17 heavy (non-hydrogen) atoms. The molecule has 0 amide bonds. The molecule has 0 aliphatic carbocycles. The summed E-state index contributed by atoms with van der Waals surface area (Å²) in [7, 11) is 0. The van der Waals surface area contributed by atoms with Crippen molar-refractivity contribution < 1.29 is 13.2 Å². The fraction of sp³-hybridized carbons (Fsp3) is 0.111. The highest BCUT2D eigenvalue weighted by Crippen LogP contribution is 2.27. The minimum Gasteiger partial charge on any atom is -0.271 e. The van der Waals surface area contributed by atoms with Gasteiger partial charge in [0.2, 0.25) is 0 Å². The lowest BCUT2D eigenvalue weighted by Crippen LogP contribution is -2.29. The van der Waals surface area contributed by atoms with E-state index in [0.717, 1.165) is 23.7 Å². The number of nitrogens with two attached hydrogens (primary N) is 1. The highest BCUT2D eigenvalue weighted by atomic mass is 32.1. The topological polar surface area (TPSA) is 63.8 Å². The zero-order chi connectivity index (χ0) is 12.4. The first kappa shape index (κ1) is 12.0. The Labute approximate surface area is 98.4 Å². The largest absolute Gasteiger partial charge is 0.271 e. The molecular formula is C9H7F3N4S. The van der Waals surface area contributed by atoms with E-state index in [0.29, 0.717) is 4.88 Å².